The van der Waals surface area contributed by atoms with Gasteiger partial charge in [0.25, 0.3) is 11.8 Å². The number of aromatic nitrogens is 2. The number of carboxylic acid groups (broad SMARTS) is 2. The fraction of sp³-hybridized carbons (Fsp3) is 0.222. The minimum Gasteiger partial charge on any atom is -0.872 e. The van der Waals surface area contributed by atoms with Crippen LogP contribution in [0.1, 0.15) is 25.3 Å². The second-order valence-electron chi connectivity index (χ2n) is 10.3. The second-order valence-corrected chi connectivity index (χ2v) is 13.1. The number of nitrogens with two attached hydrogens (primary N) is 1. The van der Waals surface area contributed by atoms with Crippen molar-refractivity contribution in [1.29, 1.82) is 0 Å². The first-order valence-corrected chi connectivity index (χ1v) is 15.7. The third-order valence-corrected chi connectivity index (χ3v) is 9.36. The first-order valence-electron chi connectivity index (χ1n) is 13.0. The number of carbonyl (C=O) groups excluding carboxylic acids is 2. The van der Waals surface area contributed by atoms with E-state index >= 15 is 0 Å². The van der Waals surface area contributed by atoms with Gasteiger partial charge in [-0.1, -0.05) is 51.1 Å². The van der Waals surface area contributed by atoms with Crippen molar-refractivity contribution in [2.45, 2.75) is 30.9 Å². The van der Waals surface area contributed by atoms with Gasteiger partial charge in [-0.05, 0) is 31.6 Å². The van der Waals surface area contributed by atoms with Gasteiger partial charge in [-0.25, -0.2) is 14.6 Å². The maximum atomic E-state index is 13.3. The quantitative estimate of drug-likeness (QED) is 0.0662. The van der Waals surface area contributed by atoms with Crippen LogP contribution in [0.15, 0.2) is 44.5 Å². The van der Waals surface area contributed by atoms with Crippen molar-refractivity contribution >= 4 is 87.0 Å². The van der Waals surface area contributed by atoms with Crippen molar-refractivity contribution < 1.29 is 108 Å². The van der Waals surface area contributed by atoms with Gasteiger partial charge in [0.1, 0.15) is 28.5 Å². The minimum absolute atomic E-state index is 0. The van der Waals surface area contributed by atoms with Crippen molar-refractivity contribution in [3.63, 3.8) is 0 Å². The molecule has 49 heavy (non-hydrogen) atoms. The summed E-state index contributed by atoms with van der Waals surface area (Å²) >= 11 is 14.0. The number of nitrogens with zero attached hydrogens (tertiary/aromatic N) is 4. The van der Waals surface area contributed by atoms with Gasteiger partial charge in [0, 0.05) is 32.8 Å². The molecule has 1 fully saturated rings. The van der Waals surface area contributed by atoms with E-state index in [2.05, 4.69) is 20.6 Å². The second kappa shape index (κ2) is 16.1. The third-order valence-electron chi connectivity index (χ3n) is 6.73. The summed E-state index contributed by atoms with van der Waals surface area (Å²) in [7, 11) is 0. The van der Waals surface area contributed by atoms with Crippen LogP contribution in [-0.2, 0) is 24.0 Å². The van der Waals surface area contributed by atoms with Crippen molar-refractivity contribution in [2.24, 2.45) is 5.16 Å². The third kappa shape index (κ3) is 8.24. The fourth-order valence-electron chi connectivity index (χ4n) is 4.23. The molecule has 16 nitrogen and oxygen atoms in total. The smallest absolute Gasteiger partial charge is 0.872 e. The van der Waals surface area contributed by atoms with Gasteiger partial charge in [0.2, 0.25) is 5.60 Å². The van der Waals surface area contributed by atoms with Crippen LogP contribution in [0, 0.1) is 0 Å². The number of carboxylic acids is 2. The Morgan fingerprint density at radius 3 is 2.51 bits per heavy atom. The van der Waals surface area contributed by atoms with E-state index in [9.17, 15) is 39.6 Å². The van der Waals surface area contributed by atoms with Crippen LogP contribution in [0.2, 0.25) is 10.0 Å². The molecular formula is C27H20Cl2N6Na2O10S2. The van der Waals surface area contributed by atoms with Gasteiger partial charge in [0.05, 0.1) is 0 Å². The number of halogens is 2. The standard InChI is InChI=1S/C27H22Cl2N6O10S2.2Na/c1-27(2,25(42)43)45-34-16(14-8-47-26(30)31-14)21(38)32-17-22(39)35-18(24(40)41)9(7-46-23(17)35)3-4-10-5-13(33-44-10)11-6-12(28)19(36)20(37)15(11)29;;/h3-6,8,17,23,36-37H,7H2,1-2H3,(H2,30,31)(H,32,38)(H,40,41)(H,42,43);;/q;2*+1/p-2/b4-3+,34-16+;;/t17-,23-;;/m1../s1. The number of hydrogen-bond acceptors (Lipinski definition) is 14. The van der Waals surface area contributed by atoms with E-state index in [1.54, 1.807) is 0 Å². The molecule has 0 radical (unpaired) electrons. The predicted octanol–water partition coefficient (Wildman–Crippen LogP) is -4.12. The van der Waals surface area contributed by atoms with Crippen molar-refractivity contribution in [3.8, 4) is 22.8 Å². The summed E-state index contributed by atoms with van der Waals surface area (Å²) in [6.45, 7) is 2.43. The molecule has 246 valence electrons. The number of allylic oxidation sites excluding steroid dienone is 1. The first kappa shape index (κ1) is 40.6. The van der Waals surface area contributed by atoms with E-state index < -0.39 is 63.0 Å². The molecule has 0 unspecified atom stereocenters. The van der Waals surface area contributed by atoms with Gasteiger partial charge in [-0.2, -0.15) is 0 Å². The zero-order valence-electron chi connectivity index (χ0n) is 25.8. The van der Waals surface area contributed by atoms with Gasteiger partial charge < -0.3 is 40.8 Å². The molecule has 2 atom stereocenters. The Morgan fingerprint density at radius 2 is 1.90 bits per heavy atom. The Morgan fingerprint density at radius 1 is 1.20 bits per heavy atom. The fourth-order valence-corrected chi connectivity index (χ4v) is 6.53. The van der Waals surface area contributed by atoms with Crippen LogP contribution in [0.5, 0.6) is 11.5 Å². The SMILES string of the molecule is CC(C)(O/N=C(/C(=O)N[C@@H]1C(=O)N2C(C(=O)O)=C(/C=C/c3cc(-c4cc(Cl)c([O-])c([O-])c4Cl)no3)CS[C@H]12)c1csc(N)n1)C(=O)O.[Na+].[Na+]. The predicted molar refractivity (Wildman–Crippen MR) is 165 cm³/mol. The van der Waals surface area contributed by atoms with Crippen LogP contribution in [0.4, 0.5) is 5.13 Å². The zero-order valence-corrected chi connectivity index (χ0v) is 33.0. The molecule has 3 aromatic rings. The van der Waals surface area contributed by atoms with Crippen LogP contribution in [-0.4, -0.2) is 77.5 Å². The van der Waals surface area contributed by atoms with Crippen molar-refractivity contribution in [2.75, 3.05) is 11.5 Å². The van der Waals surface area contributed by atoms with Gasteiger partial charge in [-0.15, -0.1) is 23.1 Å². The molecule has 22 heteroatoms. The summed E-state index contributed by atoms with van der Waals surface area (Å²) in [5.41, 5.74) is 3.46. The van der Waals surface area contributed by atoms with E-state index in [0.29, 0.717) is 0 Å². The summed E-state index contributed by atoms with van der Waals surface area (Å²) < 4.78 is 5.24. The zero-order chi connectivity index (χ0) is 34.4. The Bertz CT molecular complexity index is 1930. The summed E-state index contributed by atoms with van der Waals surface area (Å²) in [5.74, 6) is -6.16. The molecular weight excluding hydrogens is 749 g/mol. The van der Waals surface area contributed by atoms with Crippen LogP contribution < -0.4 is 80.4 Å². The van der Waals surface area contributed by atoms with E-state index in [-0.39, 0.29) is 109 Å². The first-order chi connectivity index (χ1) is 22.1. The van der Waals surface area contributed by atoms with Crippen LogP contribution in [0.3, 0.4) is 0 Å². The minimum atomic E-state index is -1.81. The average molecular weight is 770 g/mol. The molecule has 0 spiro atoms. The van der Waals surface area contributed by atoms with E-state index in [0.717, 1.165) is 16.2 Å². The van der Waals surface area contributed by atoms with Crippen LogP contribution >= 0.6 is 46.3 Å². The van der Waals surface area contributed by atoms with E-state index in [1.807, 2.05) is 0 Å². The summed E-state index contributed by atoms with van der Waals surface area (Å²) in [6.07, 6.45) is 2.79. The number of fused-ring (bicyclic) bond motifs is 1. The number of carbonyl (C=O) groups is 4. The van der Waals surface area contributed by atoms with Gasteiger partial charge >= 0.3 is 71.1 Å². The number of nitrogen functional groups attached to an aromatic ring is 1. The maximum absolute atomic E-state index is 13.3. The maximum Gasteiger partial charge on any atom is 1.00 e. The number of thiazole rings is 1. The van der Waals surface area contributed by atoms with Gasteiger partial charge in [-0.3, -0.25) is 14.5 Å². The largest absolute Gasteiger partial charge is 1.00 e. The molecule has 2 aliphatic rings. The molecule has 0 aliphatic carbocycles. The number of benzene rings is 1. The molecule has 0 bridgehead atoms. The molecule has 5 N–H and O–H groups in total. The Balaban J connectivity index is 0.00000325. The summed E-state index contributed by atoms with van der Waals surface area (Å²) in [5, 5.41) is 53.1. The number of nitrogens with one attached hydrogen (secondary N) is 1. The normalized spacial score (nSPS) is 17.5. The molecule has 1 aromatic carbocycles. The van der Waals surface area contributed by atoms with Crippen LogP contribution in [0.25, 0.3) is 17.3 Å². The average Bonchev–Trinajstić information content (AvgIpc) is 3.67. The number of thioether (sulfide) groups is 1. The number of β-lactam (4-membered cyclic amide) rings is 1. The topological polar surface area (TPSA) is 257 Å². The van der Waals surface area contributed by atoms with Crippen molar-refractivity contribution in [1.82, 2.24) is 20.4 Å². The Hall–Kier alpha value is -2.78. The molecule has 5 rings (SSSR count). The number of oxime groups is 1. The number of amides is 2. The molecule has 2 aliphatic heterocycles. The molecule has 2 amide bonds. The van der Waals surface area contributed by atoms with Crippen molar-refractivity contribution in [3.05, 3.63) is 56.4 Å². The number of rotatable bonds is 10. The molecule has 0 saturated carbocycles. The van der Waals surface area contributed by atoms with Gasteiger partial charge in [0.15, 0.2) is 16.6 Å². The molecule has 1 saturated heterocycles. The summed E-state index contributed by atoms with van der Waals surface area (Å²) in [4.78, 5) is 60.3. The molecule has 4 heterocycles. The number of hydrogen-bond donors (Lipinski definition) is 4. The Labute approximate surface area is 338 Å². The Kier molecular flexibility index (Phi) is 13.3. The molecule has 2 aromatic heterocycles. The summed E-state index contributed by atoms with van der Waals surface area (Å²) in [6, 6.07) is 1.40. The monoisotopic (exact) mass is 768 g/mol. The van der Waals surface area contributed by atoms with E-state index in [4.69, 9.17) is 38.3 Å². The number of anilines is 1. The number of aliphatic carboxylic acids is 2. The van der Waals surface area contributed by atoms with E-state index in [1.165, 1.54) is 55.3 Å².